The van der Waals surface area contributed by atoms with Crippen molar-refractivity contribution >= 4 is 16.7 Å². The van der Waals surface area contributed by atoms with Crippen molar-refractivity contribution in [3.8, 4) is 5.75 Å². The van der Waals surface area contributed by atoms with Crippen LogP contribution in [0.3, 0.4) is 0 Å². The van der Waals surface area contributed by atoms with Gasteiger partial charge in [-0.3, -0.25) is 4.79 Å². The van der Waals surface area contributed by atoms with E-state index in [1.807, 2.05) is 12.1 Å². The average molecular weight is 312 g/mol. The third-order valence-corrected chi connectivity index (χ3v) is 3.30. The van der Waals surface area contributed by atoms with E-state index >= 15 is 0 Å². The lowest BCUT2D eigenvalue weighted by atomic mass is 9.98. The molecule has 0 aromatic heterocycles. The number of carbonyl (C=O) groups is 1. The van der Waals surface area contributed by atoms with Gasteiger partial charge in [-0.05, 0) is 35.4 Å². The molecule has 0 radical (unpaired) electrons. The number of hydrogen-bond acceptors (Lipinski definition) is 3. The summed E-state index contributed by atoms with van der Waals surface area (Å²) in [6.45, 7) is -0.0512. The number of methoxy groups -OCH3 is 1. The molecule has 2 rings (SSSR count). The number of carbonyl (C=O) groups excluding carboxylic acids is 1. The first kappa shape index (κ1) is 16.1. The maximum Gasteiger partial charge on any atom is 0.422 e. The van der Waals surface area contributed by atoms with Crippen LogP contribution in [0.25, 0.3) is 10.8 Å². The van der Waals surface area contributed by atoms with E-state index in [9.17, 15) is 18.0 Å². The van der Waals surface area contributed by atoms with E-state index in [1.54, 1.807) is 31.4 Å². The van der Waals surface area contributed by atoms with Crippen LogP contribution in [-0.4, -0.2) is 25.9 Å². The fourth-order valence-electron chi connectivity index (χ4n) is 2.05. The highest BCUT2D eigenvalue weighted by molar-refractivity contribution is 5.86. The van der Waals surface area contributed by atoms with Crippen LogP contribution in [0.15, 0.2) is 36.4 Å². The monoisotopic (exact) mass is 312 g/mol. The summed E-state index contributed by atoms with van der Waals surface area (Å²) < 4.78 is 45.6. The lowest BCUT2D eigenvalue weighted by molar-refractivity contribution is -0.187. The summed E-state index contributed by atoms with van der Waals surface area (Å²) in [5.74, 6) is -0.961. The van der Waals surface area contributed by atoms with Crippen molar-refractivity contribution < 1.29 is 27.4 Å². The fourth-order valence-corrected chi connectivity index (χ4v) is 2.05. The highest BCUT2D eigenvalue weighted by Crippen LogP contribution is 2.26. The van der Waals surface area contributed by atoms with Gasteiger partial charge in [0, 0.05) is 0 Å². The first-order chi connectivity index (χ1) is 10.3. The largest absolute Gasteiger partial charge is 0.497 e. The molecule has 0 spiro atoms. The fraction of sp³-hybridized carbons (Fsp3) is 0.312. The Bertz CT molecular complexity index is 680. The zero-order valence-electron chi connectivity index (χ0n) is 12.1. The molecule has 2 aromatic rings. The number of benzene rings is 2. The zero-order valence-corrected chi connectivity index (χ0v) is 12.1. The maximum atomic E-state index is 12.1. The van der Waals surface area contributed by atoms with Gasteiger partial charge in [0.15, 0.2) is 6.61 Å². The number of rotatable bonds is 4. The number of alkyl halides is 3. The molecular weight excluding hydrogens is 297 g/mol. The summed E-state index contributed by atoms with van der Waals surface area (Å²) in [5, 5.41) is 1.78. The van der Waals surface area contributed by atoms with E-state index in [0.717, 1.165) is 10.8 Å². The second-order valence-electron chi connectivity index (χ2n) is 4.92. The Balaban J connectivity index is 2.17. The summed E-state index contributed by atoms with van der Waals surface area (Å²) >= 11 is 0. The van der Waals surface area contributed by atoms with E-state index in [2.05, 4.69) is 4.74 Å². The first-order valence-electron chi connectivity index (χ1n) is 6.61. The van der Waals surface area contributed by atoms with Gasteiger partial charge >= 0.3 is 12.1 Å². The third kappa shape index (κ3) is 3.90. The van der Waals surface area contributed by atoms with Gasteiger partial charge in [0.2, 0.25) is 0 Å². The third-order valence-electron chi connectivity index (χ3n) is 3.30. The summed E-state index contributed by atoms with van der Waals surface area (Å²) in [5.41, 5.74) is 0.602. The molecule has 2 aromatic carbocycles. The van der Waals surface area contributed by atoms with Gasteiger partial charge < -0.3 is 9.47 Å². The summed E-state index contributed by atoms with van der Waals surface area (Å²) in [6, 6.07) is 10.7. The van der Waals surface area contributed by atoms with Gasteiger partial charge in [-0.2, -0.15) is 13.2 Å². The quantitative estimate of drug-likeness (QED) is 0.799. The highest BCUT2D eigenvalue weighted by Gasteiger charge is 2.30. The predicted molar refractivity (Wildman–Crippen MR) is 75.9 cm³/mol. The van der Waals surface area contributed by atoms with Gasteiger partial charge in [0.1, 0.15) is 5.75 Å². The maximum absolute atomic E-state index is 12.1. The minimum atomic E-state index is -4.52. The van der Waals surface area contributed by atoms with Crippen LogP contribution in [0.1, 0.15) is 18.4 Å². The molecule has 1 atom stereocenters. The van der Waals surface area contributed by atoms with Crippen molar-refractivity contribution in [2.45, 2.75) is 19.0 Å². The molecule has 0 N–H and O–H groups in total. The SMILES string of the molecule is COc1ccc2cc([C@@H](C)C(=O)OCC(F)(F)F)ccc2c1. The number of hydrogen-bond donors (Lipinski definition) is 0. The molecule has 0 aliphatic heterocycles. The van der Waals surface area contributed by atoms with E-state index in [0.29, 0.717) is 11.3 Å². The van der Waals surface area contributed by atoms with E-state index < -0.39 is 24.7 Å². The number of fused-ring (bicyclic) bond motifs is 1. The topological polar surface area (TPSA) is 35.5 Å². The smallest absolute Gasteiger partial charge is 0.422 e. The Kier molecular flexibility index (Phi) is 4.59. The molecule has 0 fully saturated rings. The normalized spacial score (nSPS) is 13.0. The number of ether oxygens (including phenoxy) is 2. The lowest BCUT2D eigenvalue weighted by Gasteiger charge is -2.14. The Hall–Kier alpha value is -2.24. The molecule has 22 heavy (non-hydrogen) atoms. The molecule has 6 heteroatoms. The van der Waals surface area contributed by atoms with Crippen molar-refractivity contribution in [3.05, 3.63) is 42.0 Å². The lowest BCUT2D eigenvalue weighted by Crippen LogP contribution is -2.23. The average Bonchev–Trinajstić information content (AvgIpc) is 2.50. The minimum Gasteiger partial charge on any atom is -0.497 e. The van der Waals surface area contributed by atoms with Gasteiger partial charge in [0.05, 0.1) is 13.0 Å². The molecule has 0 aliphatic carbocycles. The second kappa shape index (κ2) is 6.25. The van der Waals surface area contributed by atoms with Crippen LogP contribution < -0.4 is 4.74 Å². The van der Waals surface area contributed by atoms with Crippen molar-refractivity contribution in [2.75, 3.05) is 13.7 Å². The van der Waals surface area contributed by atoms with Gasteiger partial charge in [-0.25, -0.2) is 0 Å². The molecule has 118 valence electrons. The van der Waals surface area contributed by atoms with Crippen LogP contribution in [0.5, 0.6) is 5.75 Å². The molecular formula is C16H15F3O3. The minimum absolute atomic E-state index is 0.602. The van der Waals surface area contributed by atoms with Crippen LogP contribution in [0.4, 0.5) is 13.2 Å². The summed E-state index contributed by atoms with van der Waals surface area (Å²) in [7, 11) is 1.56. The van der Waals surface area contributed by atoms with E-state index in [1.165, 1.54) is 6.92 Å². The number of esters is 1. The van der Waals surface area contributed by atoms with Crippen molar-refractivity contribution in [1.29, 1.82) is 0 Å². The van der Waals surface area contributed by atoms with Crippen molar-refractivity contribution in [1.82, 2.24) is 0 Å². The van der Waals surface area contributed by atoms with Gasteiger partial charge in [0.25, 0.3) is 0 Å². The predicted octanol–water partition coefficient (Wildman–Crippen LogP) is 4.06. The van der Waals surface area contributed by atoms with Gasteiger partial charge in [-0.15, -0.1) is 0 Å². The second-order valence-corrected chi connectivity index (χ2v) is 4.92. The number of halogens is 3. The van der Waals surface area contributed by atoms with Crippen LogP contribution >= 0.6 is 0 Å². The summed E-state index contributed by atoms with van der Waals surface area (Å²) in [6.07, 6.45) is -4.52. The zero-order chi connectivity index (χ0) is 16.3. The van der Waals surface area contributed by atoms with Crippen molar-refractivity contribution in [3.63, 3.8) is 0 Å². The van der Waals surface area contributed by atoms with Crippen molar-refractivity contribution in [2.24, 2.45) is 0 Å². The van der Waals surface area contributed by atoms with E-state index in [4.69, 9.17) is 4.74 Å². The highest BCUT2D eigenvalue weighted by atomic mass is 19.4. The summed E-state index contributed by atoms with van der Waals surface area (Å²) in [4.78, 5) is 11.7. The molecule has 0 saturated carbocycles. The Morgan fingerprint density at radius 2 is 1.77 bits per heavy atom. The Morgan fingerprint density at radius 1 is 1.14 bits per heavy atom. The van der Waals surface area contributed by atoms with Crippen LogP contribution in [0.2, 0.25) is 0 Å². The molecule has 3 nitrogen and oxygen atoms in total. The molecule has 0 amide bonds. The standard InChI is InChI=1S/C16H15F3O3/c1-10(15(20)22-9-16(17,18)19)11-3-4-13-8-14(21-2)6-5-12(13)7-11/h3-8,10H,9H2,1-2H3/t10-/m1/s1. The first-order valence-corrected chi connectivity index (χ1v) is 6.61. The molecule has 0 aliphatic rings. The molecule has 0 heterocycles. The van der Waals surface area contributed by atoms with Crippen LogP contribution in [0, 0.1) is 0 Å². The Morgan fingerprint density at radius 3 is 2.41 bits per heavy atom. The van der Waals surface area contributed by atoms with Gasteiger partial charge in [-0.1, -0.05) is 24.3 Å². The molecule has 0 saturated heterocycles. The van der Waals surface area contributed by atoms with Crippen LogP contribution in [-0.2, 0) is 9.53 Å². The molecule has 0 unspecified atom stereocenters. The molecule has 0 bridgehead atoms. The Labute approximate surface area is 125 Å². The van der Waals surface area contributed by atoms with E-state index in [-0.39, 0.29) is 0 Å².